The molecule has 1 amide bonds. The summed E-state index contributed by atoms with van der Waals surface area (Å²) in [4.78, 5) is 26.6. The molecule has 0 saturated carbocycles. The van der Waals surface area contributed by atoms with Crippen LogP contribution in [0.3, 0.4) is 0 Å². The molecule has 7 nitrogen and oxygen atoms in total. The Bertz CT molecular complexity index is 886. The number of aromatic nitrogens is 2. The predicted molar refractivity (Wildman–Crippen MR) is 105 cm³/mol. The number of nitrogens with zero attached hydrogens (tertiary/aromatic N) is 4. The van der Waals surface area contributed by atoms with Gasteiger partial charge in [-0.15, -0.1) is 0 Å². The number of hydrogen-bond acceptors (Lipinski definition) is 6. The SMILES string of the molecule is COc1ccc(C(=O)N2CC[C@@H](c3ncc4c(n3)CCN(C)C4)C2)c(OC)c1. The van der Waals surface area contributed by atoms with Gasteiger partial charge in [-0.2, -0.15) is 0 Å². The summed E-state index contributed by atoms with van der Waals surface area (Å²) in [6.07, 6.45) is 3.80. The zero-order valence-electron chi connectivity index (χ0n) is 16.6. The van der Waals surface area contributed by atoms with Crippen LogP contribution in [-0.2, 0) is 13.0 Å². The van der Waals surface area contributed by atoms with Crippen LogP contribution < -0.4 is 9.47 Å². The minimum atomic E-state index is -0.0263. The Hall–Kier alpha value is -2.67. The number of amides is 1. The second kappa shape index (κ2) is 7.75. The molecule has 1 aromatic carbocycles. The van der Waals surface area contributed by atoms with E-state index >= 15 is 0 Å². The maximum absolute atomic E-state index is 13.0. The third kappa shape index (κ3) is 3.54. The van der Waals surface area contributed by atoms with Crippen molar-refractivity contribution in [2.75, 3.05) is 40.9 Å². The lowest BCUT2D eigenvalue weighted by atomic mass is 10.1. The minimum absolute atomic E-state index is 0.0263. The number of carbonyl (C=O) groups excluding carboxylic acids is 1. The van der Waals surface area contributed by atoms with Gasteiger partial charge in [-0.1, -0.05) is 0 Å². The summed E-state index contributed by atoms with van der Waals surface area (Å²) in [5.41, 5.74) is 2.93. The van der Waals surface area contributed by atoms with Gasteiger partial charge in [0.1, 0.15) is 17.3 Å². The summed E-state index contributed by atoms with van der Waals surface area (Å²) in [7, 11) is 5.28. The Kier molecular flexibility index (Phi) is 5.17. The summed E-state index contributed by atoms with van der Waals surface area (Å²) in [5, 5.41) is 0. The number of carbonyl (C=O) groups is 1. The smallest absolute Gasteiger partial charge is 0.257 e. The molecule has 3 heterocycles. The number of likely N-dealkylation sites (tertiary alicyclic amines) is 1. The van der Waals surface area contributed by atoms with E-state index in [1.54, 1.807) is 32.4 Å². The van der Waals surface area contributed by atoms with Gasteiger partial charge in [-0.25, -0.2) is 9.97 Å². The highest BCUT2D eigenvalue weighted by Gasteiger charge is 2.31. The van der Waals surface area contributed by atoms with Crippen LogP contribution in [0.2, 0.25) is 0 Å². The maximum atomic E-state index is 13.0. The van der Waals surface area contributed by atoms with E-state index in [4.69, 9.17) is 14.5 Å². The second-order valence-corrected chi connectivity index (χ2v) is 7.49. The van der Waals surface area contributed by atoms with E-state index in [9.17, 15) is 4.79 Å². The number of ether oxygens (including phenoxy) is 2. The average Bonchev–Trinajstić information content (AvgIpc) is 3.22. The van der Waals surface area contributed by atoms with Crippen molar-refractivity contribution in [3.8, 4) is 11.5 Å². The van der Waals surface area contributed by atoms with Gasteiger partial charge in [0, 0.05) is 62.0 Å². The quantitative estimate of drug-likeness (QED) is 0.807. The molecule has 0 spiro atoms. The Balaban J connectivity index is 1.49. The zero-order valence-corrected chi connectivity index (χ0v) is 16.6. The molecule has 2 aliphatic heterocycles. The van der Waals surface area contributed by atoms with Gasteiger partial charge in [0.05, 0.1) is 19.8 Å². The summed E-state index contributed by atoms with van der Waals surface area (Å²) in [6, 6.07) is 5.29. The van der Waals surface area contributed by atoms with Crippen LogP contribution in [0.25, 0.3) is 0 Å². The molecule has 2 aromatic rings. The fraction of sp³-hybridized carbons (Fsp3) is 0.476. The topological polar surface area (TPSA) is 67.8 Å². The maximum Gasteiger partial charge on any atom is 0.257 e. The molecule has 1 aromatic heterocycles. The van der Waals surface area contributed by atoms with E-state index in [2.05, 4.69) is 16.9 Å². The van der Waals surface area contributed by atoms with Crippen LogP contribution in [0.5, 0.6) is 11.5 Å². The minimum Gasteiger partial charge on any atom is -0.497 e. The van der Waals surface area contributed by atoms with E-state index in [0.717, 1.165) is 37.4 Å². The largest absolute Gasteiger partial charge is 0.497 e. The third-order valence-corrected chi connectivity index (χ3v) is 5.62. The summed E-state index contributed by atoms with van der Waals surface area (Å²) < 4.78 is 10.6. The molecule has 1 saturated heterocycles. The highest BCUT2D eigenvalue weighted by molar-refractivity contribution is 5.97. The van der Waals surface area contributed by atoms with Gasteiger partial charge in [-0.05, 0) is 25.6 Å². The van der Waals surface area contributed by atoms with Crippen LogP contribution in [0.15, 0.2) is 24.4 Å². The van der Waals surface area contributed by atoms with Crippen molar-refractivity contribution in [2.24, 2.45) is 0 Å². The lowest BCUT2D eigenvalue weighted by Gasteiger charge is -2.24. The first-order chi connectivity index (χ1) is 13.6. The Morgan fingerprint density at radius 3 is 2.86 bits per heavy atom. The highest BCUT2D eigenvalue weighted by Crippen LogP contribution is 2.30. The van der Waals surface area contributed by atoms with Gasteiger partial charge in [0.25, 0.3) is 5.91 Å². The molecule has 148 valence electrons. The normalized spacial score (nSPS) is 19.4. The lowest BCUT2D eigenvalue weighted by molar-refractivity contribution is 0.0787. The molecule has 0 N–H and O–H groups in total. The van der Waals surface area contributed by atoms with Crippen LogP contribution in [0.1, 0.15) is 39.8 Å². The second-order valence-electron chi connectivity index (χ2n) is 7.49. The van der Waals surface area contributed by atoms with Gasteiger partial charge < -0.3 is 19.3 Å². The molecule has 0 radical (unpaired) electrons. The number of likely N-dealkylation sites (N-methyl/N-ethyl adjacent to an activating group) is 1. The zero-order chi connectivity index (χ0) is 19.7. The van der Waals surface area contributed by atoms with Crippen LogP contribution in [0, 0.1) is 0 Å². The molecule has 28 heavy (non-hydrogen) atoms. The molecule has 2 aliphatic rings. The highest BCUT2D eigenvalue weighted by atomic mass is 16.5. The first-order valence-electron chi connectivity index (χ1n) is 9.63. The van der Waals surface area contributed by atoms with Crippen LogP contribution >= 0.6 is 0 Å². The lowest BCUT2D eigenvalue weighted by Crippen LogP contribution is -2.29. The first kappa shape index (κ1) is 18.7. The molecule has 1 fully saturated rings. The Labute approximate surface area is 165 Å². The van der Waals surface area contributed by atoms with E-state index in [1.165, 1.54) is 5.56 Å². The average molecular weight is 382 g/mol. The molecule has 7 heteroatoms. The van der Waals surface area contributed by atoms with Crippen LogP contribution in [-0.4, -0.2) is 66.6 Å². The first-order valence-corrected chi connectivity index (χ1v) is 9.63. The predicted octanol–water partition coefficient (Wildman–Crippen LogP) is 2.11. The van der Waals surface area contributed by atoms with E-state index < -0.39 is 0 Å². The van der Waals surface area contributed by atoms with Gasteiger partial charge in [-0.3, -0.25) is 4.79 Å². The number of methoxy groups -OCH3 is 2. The monoisotopic (exact) mass is 382 g/mol. The van der Waals surface area contributed by atoms with Crippen molar-refractivity contribution in [2.45, 2.75) is 25.3 Å². The number of benzene rings is 1. The molecular formula is C21H26N4O3. The van der Waals surface area contributed by atoms with Gasteiger partial charge >= 0.3 is 0 Å². The third-order valence-electron chi connectivity index (χ3n) is 5.62. The van der Waals surface area contributed by atoms with E-state index in [-0.39, 0.29) is 11.8 Å². The molecular weight excluding hydrogens is 356 g/mol. The molecule has 1 atom stereocenters. The summed E-state index contributed by atoms with van der Waals surface area (Å²) >= 11 is 0. The Morgan fingerprint density at radius 2 is 2.07 bits per heavy atom. The van der Waals surface area contributed by atoms with Crippen molar-refractivity contribution in [3.05, 3.63) is 47.0 Å². The number of fused-ring (bicyclic) bond motifs is 1. The van der Waals surface area contributed by atoms with Crippen molar-refractivity contribution >= 4 is 5.91 Å². The Morgan fingerprint density at radius 1 is 1.21 bits per heavy atom. The standard InChI is InChI=1S/C21H26N4O3/c1-24-8-7-18-15(12-24)11-22-20(23-18)14-6-9-25(13-14)21(26)17-5-4-16(27-2)10-19(17)28-3/h4-5,10-11,14H,6-9,12-13H2,1-3H3/t14-/m1/s1. The van der Waals surface area contributed by atoms with Gasteiger partial charge in [0.2, 0.25) is 0 Å². The van der Waals surface area contributed by atoms with E-state index in [0.29, 0.717) is 30.2 Å². The van der Waals surface area contributed by atoms with Crippen LogP contribution in [0.4, 0.5) is 0 Å². The fourth-order valence-electron chi connectivity index (χ4n) is 3.97. The van der Waals surface area contributed by atoms with Crippen molar-refractivity contribution in [1.29, 1.82) is 0 Å². The number of hydrogen-bond donors (Lipinski definition) is 0. The molecule has 0 bridgehead atoms. The molecule has 0 aliphatic carbocycles. The van der Waals surface area contributed by atoms with Crippen molar-refractivity contribution in [1.82, 2.24) is 19.8 Å². The van der Waals surface area contributed by atoms with Crippen molar-refractivity contribution in [3.63, 3.8) is 0 Å². The number of rotatable bonds is 4. The van der Waals surface area contributed by atoms with E-state index in [1.807, 2.05) is 11.1 Å². The van der Waals surface area contributed by atoms with Crippen molar-refractivity contribution < 1.29 is 14.3 Å². The molecule has 0 unspecified atom stereocenters. The van der Waals surface area contributed by atoms with Gasteiger partial charge in [0.15, 0.2) is 0 Å². The summed E-state index contributed by atoms with van der Waals surface area (Å²) in [5.74, 6) is 2.21. The molecule has 4 rings (SSSR count). The fourth-order valence-corrected chi connectivity index (χ4v) is 3.97. The summed E-state index contributed by atoms with van der Waals surface area (Å²) in [6.45, 7) is 3.26.